The van der Waals surface area contributed by atoms with Gasteiger partial charge >= 0.3 is 0 Å². The Morgan fingerprint density at radius 1 is 2.00 bits per heavy atom. The Labute approximate surface area is 69.7 Å². The van der Waals surface area contributed by atoms with E-state index in [-0.39, 0.29) is 0 Å². The Bertz CT molecular complexity index is 153. The minimum atomic E-state index is -2.37. The van der Waals surface area contributed by atoms with E-state index in [0.29, 0.717) is 4.91 Å². The van der Waals surface area contributed by atoms with Gasteiger partial charge in [-0.2, -0.15) is 0 Å². The fourth-order valence-electron chi connectivity index (χ4n) is 0.149. The molecule has 1 atom stereocenters. The van der Waals surface area contributed by atoms with Gasteiger partial charge in [0.15, 0.2) is 0 Å². The second-order valence-electron chi connectivity index (χ2n) is 1.17. The van der Waals surface area contributed by atoms with Crippen LogP contribution in [0.15, 0.2) is 11.5 Å². The molecule has 1 unspecified atom stereocenters. The summed E-state index contributed by atoms with van der Waals surface area (Å²) in [6.07, 6.45) is 0. The van der Waals surface area contributed by atoms with Crippen molar-refractivity contribution in [3.8, 4) is 0 Å². The van der Waals surface area contributed by atoms with Gasteiger partial charge in [-0.1, -0.05) is 6.58 Å². The summed E-state index contributed by atoms with van der Waals surface area (Å²) in [5.74, 6) is 0. The molecule has 6 heteroatoms. The van der Waals surface area contributed by atoms with Gasteiger partial charge < -0.3 is 4.89 Å². The van der Waals surface area contributed by atoms with E-state index in [1.165, 1.54) is 0 Å². The van der Waals surface area contributed by atoms with Crippen molar-refractivity contribution < 1.29 is 9.46 Å². The van der Waals surface area contributed by atoms with Gasteiger partial charge in [0.1, 0.15) is 0 Å². The zero-order valence-corrected chi connectivity index (χ0v) is 8.01. The van der Waals surface area contributed by atoms with Crippen molar-refractivity contribution in [1.82, 2.24) is 0 Å². The van der Waals surface area contributed by atoms with E-state index in [9.17, 15) is 4.57 Å². The molecule has 3 nitrogen and oxygen atoms in total. The van der Waals surface area contributed by atoms with Gasteiger partial charge in [0.25, 0.3) is 0 Å². The highest BCUT2D eigenvalue weighted by atomic mass is 32.7. The number of allylic oxidation sites excluding steroid dienone is 1. The van der Waals surface area contributed by atoms with Crippen LogP contribution in [0.2, 0.25) is 0 Å². The van der Waals surface area contributed by atoms with Gasteiger partial charge in [-0.15, -0.1) is 0 Å². The van der Waals surface area contributed by atoms with Crippen molar-refractivity contribution in [2.45, 2.75) is 6.92 Å². The highest BCUT2D eigenvalue weighted by molar-refractivity contribution is 8.52. The monoisotopic (exact) mass is 197 g/mol. The summed E-state index contributed by atoms with van der Waals surface area (Å²) in [7, 11) is -2.37. The average Bonchev–Trinajstić information content (AvgIpc) is 1.62. The summed E-state index contributed by atoms with van der Waals surface area (Å²) in [6.45, 7) is 5.12. The highest BCUT2D eigenvalue weighted by Crippen LogP contribution is 2.37. The van der Waals surface area contributed by atoms with Crippen LogP contribution in [0.1, 0.15) is 6.92 Å². The molecule has 0 aliphatic rings. The van der Waals surface area contributed by atoms with Crippen LogP contribution >= 0.6 is 30.8 Å². The number of hydrogen-bond acceptors (Lipinski definition) is 4. The van der Waals surface area contributed by atoms with Gasteiger partial charge in [0.2, 0.25) is 7.23 Å². The fourth-order valence-corrected chi connectivity index (χ4v) is 1.34. The van der Waals surface area contributed by atoms with E-state index < -0.39 is 7.23 Å². The summed E-state index contributed by atoms with van der Waals surface area (Å²) in [6, 6.07) is 0. The molecule has 0 heterocycles. The van der Waals surface area contributed by atoms with E-state index in [4.69, 9.17) is 10.3 Å². The third kappa shape index (κ3) is 24.3. The summed E-state index contributed by atoms with van der Waals surface area (Å²) in [4.78, 5) is 8.86. The Hall–Kier alpha value is 0.0800. The first kappa shape index (κ1) is 12.7. The number of nitrogens with one attached hydrogen (secondary N) is 1. The van der Waals surface area contributed by atoms with Crippen LogP contribution in [0.5, 0.6) is 0 Å². The molecule has 2 N–H and O–H groups in total. The Morgan fingerprint density at radius 2 is 2.30 bits per heavy atom. The minimum Gasteiger partial charge on any atom is -0.339 e. The maximum absolute atomic E-state index is 9.90. The van der Waals surface area contributed by atoms with Crippen LogP contribution in [-0.2, 0) is 4.57 Å². The van der Waals surface area contributed by atoms with Crippen LogP contribution in [0.4, 0.5) is 0 Å². The van der Waals surface area contributed by atoms with E-state index in [2.05, 4.69) is 18.8 Å². The van der Waals surface area contributed by atoms with Crippen molar-refractivity contribution >= 4 is 36.0 Å². The maximum Gasteiger partial charge on any atom is 0.248 e. The van der Waals surface area contributed by atoms with E-state index >= 15 is 0 Å². The lowest BCUT2D eigenvalue weighted by Crippen LogP contribution is -1.51. The maximum atomic E-state index is 9.90. The van der Waals surface area contributed by atoms with Crippen molar-refractivity contribution in [3.63, 3.8) is 0 Å². The van der Waals surface area contributed by atoms with Crippen molar-refractivity contribution in [1.29, 1.82) is 5.41 Å². The zero-order valence-electron chi connectivity index (χ0n) is 5.38. The van der Waals surface area contributed by atoms with E-state index in [1.54, 1.807) is 12.1 Å². The first-order valence-electron chi connectivity index (χ1n) is 2.14. The molecule has 0 bridgehead atoms. The molecule has 10 heavy (non-hydrogen) atoms. The number of isothiocyanates is 1. The highest BCUT2D eigenvalue weighted by Gasteiger charge is 1.89. The smallest absolute Gasteiger partial charge is 0.248 e. The second kappa shape index (κ2) is 9.08. The molecule has 58 valence electrons. The van der Waals surface area contributed by atoms with Crippen LogP contribution in [0.25, 0.3) is 0 Å². The first-order chi connectivity index (χ1) is 4.54. The van der Waals surface area contributed by atoms with Gasteiger partial charge in [0.05, 0.1) is 5.16 Å². The summed E-state index contributed by atoms with van der Waals surface area (Å²) >= 11 is 4.73. The van der Waals surface area contributed by atoms with Crippen molar-refractivity contribution in [2.75, 3.05) is 0 Å². The number of hydrogen-bond donors (Lipinski definition) is 2. The Balaban J connectivity index is 0. The Kier molecular flexibility index (Phi) is 11.6. The molecule has 0 aliphatic heterocycles. The summed E-state index contributed by atoms with van der Waals surface area (Å²) in [5, 5.41) is 7.36. The van der Waals surface area contributed by atoms with E-state index in [0.717, 1.165) is 11.4 Å². The predicted molar refractivity (Wildman–Crippen MR) is 48.9 cm³/mol. The van der Waals surface area contributed by atoms with E-state index in [1.807, 2.05) is 0 Å². The Morgan fingerprint density at radius 3 is 2.30 bits per heavy atom. The topological polar surface area (TPSA) is 61.1 Å². The molecule has 0 amide bonds. The molecular weight excluding hydrogens is 189 g/mol. The SMILES string of the molecule is C=C(C)S[PH](=O)O.N=C=S. The number of rotatable bonds is 2. The van der Waals surface area contributed by atoms with Crippen LogP contribution in [0.3, 0.4) is 0 Å². The third-order valence-corrected chi connectivity index (χ3v) is 2.35. The first-order valence-corrected chi connectivity index (χ1v) is 5.45. The molecule has 0 spiro atoms. The van der Waals surface area contributed by atoms with Gasteiger partial charge in [-0.25, -0.2) is 5.41 Å². The number of thiocarbonyl (C=S) groups is 1. The third-order valence-electron chi connectivity index (χ3n) is 0.262. The molecule has 0 aromatic heterocycles. The average molecular weight is 197 g/mol. The molecule has 0 aromatic carbocycles. The predicted octanol–water partition coefficient (Wildman–Crippen LogP) is 2.30. The normalized spacial score (nSPS) is 10.2. The molecule has 0 saturated carbocycles. The van der Waals surface area contributed by atoms with Gasteiger partial charge in [-0.3, -0.25) is 4.57 Å². The molecule has 0 aromatic rings. The quantitative estimate of drug-likeness (QED) is 0.405. The minimum absolute atomic E-state index is 0.686. The van der Waals surface area contributed by atoms with Gasteiger partial charge in [-0.05, 0) is 35.4 Å². The van der Waals surface area contributed by atoms with Crippen LogP contribution in [0, 0.1) is 5.41 Å². The van der Waals surface area contributed by atoms with Crippen LogP contribution in [-0.4, -0.2) is 10.1 Å². The molecular formula is C4H8NO2PS2. The zero-order chi connectivity index (χ0) is 8.57. The van der Waals surface area contributed by atoms with Crippen LogP contribution < -0.4 is 0 Å². The second-order valence-corrected chi connectivity index (χ2v) is 4.47. The molecule has 0 saturated heterocycles. The standard InChI is InChI=1S/C3H7O2PS.CHNS/c1-3(2)7-6(4)5;2-1-3/h6H,1H2,2H3,(H,4,5);2H. The lowest BCUT2D eigenvalue weighted by Gasteiger charge is -1.87. The lowest BCUT2D eigenvalue weighted by molar-refractivity contribution is 0.519. The summed E-state index contributed by atoms with van der Waals surface area (Å²) < 4.78 is 9.90. The van der Waals surface area contributed by atoms with Crippen molar-refractivity contribution in [2.24, 2.45) is 0 Å². The largest absolute Gasteiger partial charge is 0.339 e. The van der Waals surface area contributed by atoms with Crippen molar-refractivity contribution in [3.05, 3.63) is 11.5 Å². The molecule has 0 radical (unpaired) electrons. The molecule has 0 rings (SSSR count). The summed E-state index contributed by atoms with van der Waals surface area (Å²) in [5.41, 5.74) is 0. The fraction of sp³-hybridized carbons (Fsp3) is 0.250. The molecule has 0 fully saturated rings. The molecule has 0 aliphatic carbocycles. The lowest BCUT2D eigenvalue weighted by atomic mass is 10.8. The van der Waals surface area contributed by atoms with Gasteiger partial charge in [0, 0.05) is 0 Å².